The van der Waals surface area contributed by atoms with E-state index >= 15 is 0 Å². The van der Waals surface area contributed by atoms with Crippen molar-refractivity contribution in [3.8, 4) is 0 Å². The Morgan fingerprint density at radius 3 is 2.03 bits per heavy atom. The maximum Gasteiger partial charge on any atom is 0.263 e. The highest BCUT2D eigenvalue weighted by molar-refractivity contribution is 6.04. The van der Waals surface area contributed by atoms with Gasteiger partial charge in [0.05, 0.1) is 12.1 Å². The Labute approximate surface area is 219 Å². The lowest BCUT2D eigenvalue weighted by molar-refractivity contribution is -0.158. The largest absolute Gasteiger partial charge is 0.378 e. The van der Waals surface area contributed by atoms with Crippen LogP contribution in [0.4, 0.5) is 8.78 Å². The van der Waals surface area contributed by atoms with Crippen molar-refractivity contribution in [1.82, 2.24) is 10.2 Å². The molecule has 0 saturated carbocycles. The van der Waals surface area contributed by atoms with Gasteiger partial charge < -0.3 is 16.2 Å². The van der Waals surface area contributed by atoms with E-state index in [0.717, 1.165) is 23.3 Å². The first-order valence-electron chi connectivity index (χ1n) is 12.3. The predicted molar refractivity (Wildman–Crippen MR) is 136 cm³/mol. The van der Waals surface area contributed by atoms with Crippen LogP contribution in [0.1, 0.15) is 54.5 Å². The number of carbonyl (C=O) groups is 3. The first kappa shape index (κ1) is 27.1. The van der Waals surface area contributed by atoms with Crippen LogP contribution in [0.15, 0.2) is 78.9 Å². The lowest BCUT2D eigenvalue weighted by atomic mass is 9.86. The maximum absolute atomic E-state index is 13.8. The molecule has 0 radical (unpaired) electrons. The summed E-state index contributed by atoms with van der Waals surface area (Å²) in [6, 6.07) is 18.0. The minimum absolute atomic E-state index is 0.0631. The maximum atomic E-state index is 13.8. The Kier molecular flexibility index (Phi) is 8.29. The summed E-state index contributed by atoms with van der Waals surface area (Å²) < 4.78 is 27.7. The molecule has 5 atom stereocenters. The summed E-state index contributed by atoms with van der Waals surface area (Å²) in [7, 11) is 0. The molecule has 198 valence electrons. The van der Waals surface area contributed by atoms with E-state index in [0.29, 0.717) is 17.4 Å². The smallest absolute Gasteiger partial charge is 0.263 e. The fourth-order valence-corrected chi connectivity index (χ4v) is 4.85. The molecular formula is C29H29F2N3O4. The summed E-state index contributed by atoms with van der Waals surface area (Å²) in [6.45, 7) is 1.35. The number of carbonyl (C=O) groups excluding carboxylic acids is 3. The number of hydrogen-bond donors (Lipinski definition) is 3. The Bertz CT molecular complexity index is 1280. The van der Waals surface area contributed by atoms with Crippen LogP contribution in [0, 0.1) is 11.6 Å². The van der Waals surface area contributed by atoms with Gasteiger partial charge in [-0.2, -0.15) is 0 Å². The monoisotopic (exact) mass is 521 g/mol. The van der Waals surface area contributed by atoms with E-state index in [1.165, 1.54) is 6.92 Å². The van der Waals surface area contributed by atoms with Crippen molar-refractivity contribution < 1.29 is 28.3 Å². The summed E-state index contributed by atoms with van der Waals surface area (Å²) in [4.78, 5) is 41.1. The molecule has 1 aliphatic rings. The van der Waals surface area contributed by atoms with Gasteiger partial charge in [0, 0.05) is 6.07 Å². The van der Waals surface area contributed by atoms with E-state index in [9.17, 15) is 28.3 Å². The first-order chi connectivity index (χ1) is 18.2. The predicted octanol–water partition coefficient (Wildman–Crippen LogP) is 3.50. The molecule has 7 nitrogen and oxygen atoms in total. The zero-order valence-corrected chi connectivity index (χ0v) is 20.8. The number of aliphatic hydroxyl groups excluding tert-OH is 1. The molecule has 0 aliphatic carbocycles. The van der Waals surface area contributed by atoms with Crippen molar-refractivity contribution in [3.05, 3.63) is 107 Å². The van der Waals surface area contributed by atoms with Gasteiger partial charge in [0.15, 0.2) is 6.10 Å². The number of imide groups is 1. The highest BCUT2D eigenvalue weighted by atomic mass is 19.1. The normalized spacial score (nSPS) is 21.1. The molecular weight excluding hydrogens is 492 g/mol. The number of nitrogens with two attached hydrogens (primary N) is 1. The fourth-order valence-electron chi connectivity index (χ4n) is 4.85. The third-order valence-electron chi connectivity index (χ3n) is 6.73. The van der Waals surface area contributed by atoms with Gasteiger partial charge in [0.25, 0.3) is 5.91 Å². The molecule has 0 spiro atoms. The number of nitrogens with zero attached hydrogens (tertiary/aromatic N) is 1. The fraction of sp³-hybridized carbons (Fsp3) is 0.276. The molecule has 1 fully saturated rings. The van der Waals surface area contributed by atoms with Crippen molar-refractivity contribution in [2.75, 3.05) is 0 Å². The van der Waals surface area contributed by atoms with Crippen LogP contribution in [-0.2, 0) is 14.4 Å². The second-order valence-electron chi connectivity index (χ2n) is 9.51. The molecule has 4 rings (SSSR count). The third-order valence-corrected chi connectivity index (χ3v) is 6.73. The van der Waals surface area contributed by atoms with Crippen LogP contribution < -0.4 is 11.1 Å². The Morgan fingerprint density at radius 1 is 0.921 bits per heavy atom. The highest BCUT2D eigenvalue weighted by Crippen LogP contribution is 2.36. The molecule has 0 aromatic heterocycles. The molecule has 38 heavy (non-hydrogen) atoms. The zero-order valence-electron chi connectivity index (χ0n) is 20.8. The summed E-state index contributed by atoms with van der Waals surface area (Å²) in [5.41, 5.74) is 7.22. The summed E-state index contributed by atoms with van der Waals surface area (Å²) in [5.74, 6) is -4.95. The molecule has 3 amide bonds. The van der Waals surface area contributed by atoms with Crippen LogP contribution in [0.2, 0.25) is 0 Å². The molecule has 0 unspecified atom stereocenters. The summed E-state index contributed by atoms with van der Waals surface area (Å²) in [6.07, 6.45) is -1.55. The van der Waals surface area contributed by atoms with E-state index in [2.05, 4.69) is 5.32 Å². The SMILES string of the molecule is C[C@H](N)C(=O)N(C(=O)[C@H](O)c1cc(F)cc(F)c1)[C@H]1C[C@H](c2ccccc2)C[C@H](c2ccccc2)NC1=O. The lowest BCUT2D eigenvalue weighted by Crippen LogP contribution is -2.56. The number of rotatable bonds is 6. The number of benzene rings is 3. The number of amides is 3. The molecule has 1 heterocycles. The molecule has 9 heteroatoms. The van der Waals surface area contributed by atoms with Crippen molar-refractivity contribution in [1.29, 1.82) is 0 Å². The van der Waals surface area contributed by atoms with Crippen molar-refractivity contribution in [2.45, 2.75) is 49.9 Å². The van der Waals surface area contributed by atoms with Crippen LogP contribution in [0.25, 0.3) is 0 Å². The van der Waals surface area contributed by atoms with Crippen LogP contribution >= 0.6 is 0 Å². The second kappa shape index (κ2) is 11.6. The average Bonchev–Trinajstić information content (AvgIpc) is 3.07. The quantitative estimate of drug-likeness (QED) is 0.460. The first-order valence-corrected chi connectivity index (χ1v) is 12.3. The van der Waals surface area contributed by atoms with Crippen LogP contribution in [0.5, 0.6) is 0 Å². The molecule has 4 N–H and O–H groups in total. The zero-order chi connectivity index (χ0) is 27.4. The van der Waals surface area contributed by atoms with Crippen LogP contribution in [-0.4, -0.2) is 39.8 Å². The van der Waals surface area contributed by atoms with E-state index in [-0.39, 0.29) is 17.9 Å². The number of hydrogen-bond acceptors (Lipinski definition) is 5. The Hall–Kier alpha value is -3.95. The highest BCUT2D eigenvalue weighted by Gasteiger charge is 2.43. The second-order valence-corrected chi connectivity index (χ2v) is 9.51. The van der Waals surface area contributed by atoms with Gasteiger partial charge in [-0.25, -0.2) is 8.78 Å². The van der Waals surface area contributed by atoms with Gasteiger partial charge in [-0.15, -0.1) is 0 Å². The van der Waals surface area contributed by atoms with Crippen molar-refractivity contribution in [2.24, 2.45) is 5.73 Å². The summed E-state index contributed by atoms with van der Waals surface area (Å²) >= 11 is 0. The van der Waals surface area contributed by atoms with Crippen LogP contribution in [0.3, 0.4) is 0 Å². The summed E-state index contributed by atoms with van der Waals surface area (Å²) in [5, 5.41) is 13.7. The molecule has 1 saturated heterocycles. The molecule has 0 bridgehead atoms. The van der Waals surface area contributed by atoms with Gasteiger partial charge in [0.2, 0.25) is 11.8 Å². The lowest BCUT2D eigenvalue weighted by Gasteiger charge is -2.32. The van der Waals surface area contributed by atoms with E-state index in [4.69, 9.17) is 5.73 Å². The number of aliphatic hydroxyl groups is 1. The average molecular weight is 522 g/mol. The van der Waals surface area contributed by atoms with E-state index in [1.807, 2.05) is 60.7 Å². The van der Waals surface area contributed by atoms with Crippen molar-refractivity contribution in [3.63, 3.8) is 0 Å². The number of halogens is 2. The Balaban J connectivity index is 1.75. The van der Waals surface area contributed by atoms with Crippen molar-refractivity contribution >= 4 is 17.7 Å². The third kappa shape index (κ3) is 5.95. The number of nitrogens with one attached hydrogen (secondary N) is 1. The van der Waals surface area contributed by atoms with Gasteiger partial charge in [-0.3, -0.25) is 19.3 Å². The van der Waals surface area contributed by atoms with Gasteiger partial charge in [0.1, 0.15) is 17.7 Å². The minimum atomic E-state index is -2.10. The molecule has 1 aliphatic heterocycles. The van der Waals surface area contributed by atoms with E-state index in [1.54, 1.807) is 0 Å². The van der Waals surface area contributed by atoms with Gasteiger partial charge >= 0.3 is 0 Å². The molecule has 3 aromatic carbocycles. The van der Waals surface area contributed by atoms with E-state index < -0.39 is 53.6 Å². The Morgan fingerprint density at radius 2 is 1.47 bits per heavy atom. The topological polar surface area (TPSA) is 113 Å². The standard InChI is InChI=1S/C29H29F2N3O4/c1-17(32)28(37)34(29(38)26(35)21-12-22(30)16-23(31)13-21)25-15-20(18-8-4-2-5-9-18)14-24(33-27(25)36)19-10-6-3-7-11-19/h2-13,16-17,20,24-26,35H,14-15,32H2,1H3,(H,33,36)/t17-,20+,24+,25-,26+/m0/s1. The minimum Gasteiger partial charge on any atom is -0.378 e. The van der Waals surface area contributed by atoms with Gasteiger partial charge in [-0.05, 0) is 54.5 Å². The molecule has 3 aromatic rings. The van der Waals surface area contributed by atoms with Gasteiger partial charge in [-0.1, -0.05) is 60.7 Å².